The third kappa shape index (κ3) is 3.89. The summed E-state index contributed by atoms with van der Waals surface area (Å²) in [7, 11) is 4.43. The lowest BCUT2D eigenvalue weighted by Crippen LogP contribution is -2.17. The van der Waals surface area contributed by atoms with Crippen LogP contribution in [-0.4, -0.2) is 48.8 Å². The van der Waals surface area contributed by atoms with E-state index >= 15 is 0 Å². The highest BCUT2D eigenvalue weighted by Gasteiger charge is 2.14. The van der Waals surface area contributed by atoms with Crippen molar-refractivity contribution in [2.45, 2.75) is 0 Å². The van der Waals surface area contributed by atoms with Crippen molar-refractivity contribution < 1.29 is 34.3 Å². The van der Waals surface area contributed by atoms with Crippen LogP contribution in [0.5, 0.6) is 34.5 Å². The number of aromatic hydroxyl groups is 3. The molecular weight excluding hydrogens is 344 g/mol. The van der Waals surface area contributed by atoms with Crippen molar-refractivity contribution in [3.05, 3.63) is 35.4 Å². The molecule has 0 fully saturated rings. The third-order valence-electron chi connectivity index (χ3n) is 3.40. The topological polar surface area (TPSA) is 130 Å². The lowest BCUT2D eigenvalue weighted by Gasteiger charge is -2.12. The van der Waals surface area contributed by atoms with Gasteiger partial charge in [0, 0.05) is 11.1 Å². The summed E-state index contributed by atoms with van der Waals surface area (Å²) in [5.41, 5.74) is 2.72. The second-order valence-corrected chi connectivity index (χ2v) is 5.02. The molecular formula is C17H18N2O7. The summed E-state index contributed by atoms with van der Waals surface area (Å²) in [5, 5.41) is 31.9. The Bertz CT molecular complexity index is 801. The van der Waals surface area contributed by atoms with Crippen LogP contribution in [0.4, 0.5) is 0 Å². The summed E-state index contributed by atoms with van der Waals surface area (Å²) in [4.78, 5) is 12.0. The minimum Gasteiger partial charge on any atom is -0.504 e. The Morgan fingerprint density at radius 3 is 1.96 bits per heavy atom. The van der Waals surface area contributed by atoms with E-state index in [0.29, 0.717) is 22.8 Å². The fraction of sp³-hybridized carbons (Fsp3) is 0.176. The predicted octanol–water partition coefficient (Wildman–Crippen LogP) is 1.59. The summed E-state index contributed by atoms with van der Waals surface area (Å²) >= 11 is 0. The molecule has 0 aliphatic carbocycles. The Labute approximate surface area is 149 Å². The standard InChI is InChI=1S/C17H18N2O7/c1-24-13-4-9(5-14(25-2)16(13)26-3)8-18-19-17(23)10-6-11(20)15(22)12(21)7-10/h4-8,20-22H,1-3H3,(H,19,23). The van der Waals surface area contributed by atoms with Crippen molar-refractivity contribution in [3.8, 4) is 34.5 Å². The molecule has 138 valence electrons. The molecule has 2 rings (SSSR count). The number of rotatable bonds is 6. The van der Waals surface area contributed by atoms with Crippen LogP contribution in [0.2, 0.25) is 0 Å². The van der Waals surface area contributed by atoms with Crippen molar-refractivity contribution in [2.24, 2.45) is 5.10 Å². The van der Waals surface area contributed by atoms with Crippen molar-refractivity contribution >= 4 is 12.1 Å². The first kappa shape index (κ1) is 18.7. The van der Waals surface area contributed by atoms with Gasteiger partial charge in [0.05, 0.1) is 27.5 Å². The number of methoxy groups -OCH3 is 3. The molecule has 0 saturated heterocycles. The maximum atomic E-state index is 12.0. The van der Waals surface area contributed by atoms with Gasteiger partial charge < -0.3 is 29.5 Å². The van der Waals surface area contributed by atoms with E-state index in [4.69, 9.17) is 14.2 Å². The number of phenolic OH excluding ortho intramolecular Hbond substituents is 3. The Morgan fingerprint density at radius 2 is 1.50 bits per heavy atom. The molecule has 2 aromatic rings. The van der Waals surface area contributed by atoms with Gasteiger partial charge in [-0.2, -0.15) is 5.10 Å². The van der Waals surface area contributed by atoms with Crippen LogP contribution in [0.3, 0.4) is 0 Å². The monoisotopic (exact) mass is 362 g/mol. The number of hydrogen-bond donors (Lipinski definition) is 4. The summed E-state index contributed by atoms with van der Waals surface area (Å²) in [6.07, 6.45) is 1.35. The molecule has 0 aliphatic rings. The first-order valence-corrected chi connectivity index (χ1v) is 7.29. The number of hydrazone groups is 1. The van der Waals surface area contributed by atoms with Crippen LogP contribution in [-0.2, 0) is 0 Å². The van der Waals surface area contributed by atoms with Crippen molar-refractivity contribution in [1.82, 2.24) is 5.43 Å². The molecule has 0 unspecified atom stereocenters. The van der Waals surface area contributed by atoms with E-state index in [1.165, 1.54) is 27.5 Å². The van der Waals surface area contributed by atoms with Gasteiger partial charge in [-0.05, 0) is 24.3 Å². The summed E-state index contributed by atoms with van der Waals surface area (Å²) < 4.78 is 15.7. The fourth-order valence-corrected chi connectivity index (χ4v) is 2.14. The zero-order valence-electron chi connectivity index (χ0n) is 14.3. The van der Waals surface area contributed by atoms with E-state index in [0.717, 1.165) is 12.1 Å². The molecule has 1 amide bonds. The number of nitrogens with zero attached hydrogens (tertiary/aromatic N) is 1. The molecule has 0 aliphatic heterocycles. The summed E-state index contributed by atoms with van der Waals surface area (Å²) in [5.74, 6) is -1.37. The normalized spacial score (nSPS) is 10.6. The summed E-state index contributed by atoms with van der Waals surface area (Å²) in [6.45, 7) is 0. The minimum atomic E-state index is -0.706. The molecule has 2 aromatic carbocycles. The number of carbonyl (C=O) groups is 1. The lowest BCUT2D eigenvalue weighted by atomic mass is 10.2. The average Bonchev–Trinajstić information content (AvgIpc) is 2.64. The highest BCUT2D eigenvalue weighted by Crippen LogP contribution is 2.38. The Morgan fingerprint density at radius 1 is 0.962 bits per heavy atom. The van der Waals surface area contributed by atoms with E-state index < -0.39 is 23.2 Å². The first-order chi connectivity index (χ1) is 12.4. The lowest BCUT2D eigenvalue weighted by molar-refractivity contribution is 0.0954. The van der Waals surface area contributed by atoms with E-state index in [1.54, 1.807) is 12.1 Å². The Kier molecular flexibility index (Phi) is 5.74. The number of ether oxygens (including phenoxy) is 3. The molecule has 0 heterocycles. The molecule has 0 atom stereocenters. The zero-order chi connectivity index (χ0) is 19.3. The maximum absolute atomic E-state index is 12.0. The first-order valence-electron chi connectivity index (χ1n) is 7.29. The van der Waals surface area contributed by atoms with Crippen LogP contribution < -0.4 is 19.6 Å². The molecule has 4 N–H and O–H groups in total. The van der Waals surface area contributed by atoms with Crippen LogP contribution >= 0.6 is 0 Å². The quantitative estimate of drug-likeness (QED) is 0.349. The number of carbonyl (C=O) groups excluding carboxylic acids is 1. The zero-order valence-corrected chi connectivity index (χ0v) is 14.3. The Hall–Kier alpha value is -3.62. The van der Waals surface area contributed by atoms with Gasteiger partial charge in [-0.3, -0.25) is 4.79 Å². The van der Waals surface area contributed by atoms with Crippen molar-refractivity contribution in [1.29, 1.82) is 0 Å². The second-order valence-electron chi connectivity index (χ2n) is 5.02. The van der Waals surface area contributed by atoms with Crippen LogP contribution in [0.1, 0.15) is 15.9 Å². The third-order valence-corrected chi connectivity index (χ3v) is 3.40. The van der Waals surface area contributed by atoms with Gasteiger partial charge in [-0.25, -0.2) is 5.43 Å². The average molecular weight is 362 g/mol. The van der Waals surface area contributed by atoms with Gasteiger partial charge in [0.25, 0.3) is 5.91 Å². The van der Waals surface area contributed by atoms with Gasteiger partial charge in [0.2, 0.25) is 5.75 Å². The van der Waals surface area contributed by atoms with Crippen LogP contribution in [0, 0.1) is 0 Å². The van der Waals surface area contributed by atoms with Crippen LogP contribution in [0.25, 0.3) is 0 Å². The van der Waals surface area contributed by atoms with Crippen molar-refractivity contribution in [2.75, 3.05) is 21.3 Å². The molecule has 0 aromatic heterocycles. The predicted molar refractivity (Wildman–Crippen MR) is 92.6 cm³/mol. The number of phenols is 3. The second kappa shape index (κ2) is 7.97. The largest absolute Gasteiger partial charge is 0.504 e. The highest BCUT2D eigenvalue weighted by molar-refractivity contribution is 5.96. The van der Waals surface area contributed by atoms with E-state index in [2.05, 4.69) is 10.5 Å². The molecule has 0 spiro atoms. The number of benzene rings is 2. The van der Waals surface area contributed by atoms with Crippen LogP contribution in [0.15, 0.2) is 29.4 Å². The fourth-order valence-electron chi connectivity index (χ4n) is 2.14. The smallest absolute Gasteiger partial charge is 0.271 e. The summed E-state index contributed by atoms with van der Waals surface area (Å²) in [6, 6.07) is 5.27. The number of nitrogens with one attached hydrogen (secondary N) is 1. The number of amides is 1. The minimum absolute atomic E-state index is 0.0835. The molecule has 0 bridgehead atoms. The van der Waals surface area contributed by atoms with E-state index in [-0.39, 0.29) is 5.56 Å². The Balaban J connectivity index is 2.19. The van der Waals surface area contributed by atoms with Gasteiger partial charge in [-0.1, -0.05) is 0 Å². The van der Waals surface area contributed by atoms with E-state index in [9.17, 15) is 20.1 Å². The highest BCUT2D eigenvalue weighted by atomic mass is 16.5. The van der Waals surface area contributed by atoms with Gasteiger partial charge in [0.15, 0.2) is 28.7 Å². The van der Waals surface area contributed by atoms with Gasteiger partial charge in [-0.15, -0.1) is 0 Å². The molecule has 0 radical (unpaired) electrons. The molecule has 0 saturated carbocycles. The number of hydrogen-bond acceptors (Lipinski definition) is 8. The molecule has 9 heteroatoms. The molecule has 9 nitrogen and oxygen atoms in total. The maximum Gasteiger partial charge on any atom is 0.271 e. The molecule has 26 heavy (non-hydrogen) atoms. The van der Waals surface area contributed by atoms with Crippen molar-refractivity contribution in [3.63, 3.8) is 0 Å². The van der Waals surface area contributed by atoms with Gasteiger partial charge in [0.1, 0.15) is 0 Å². The SMILES string of the molecule is COc1cc(C=NNC(=O)c2cc(O)c(O)c(O)c2)cc(OC)c1OC. The van der Waals surface area contributed by atoms with Gasteiger partial charge >= 0.3 is 0 Å². The van der Waals surface area contributed by atoms with E-state index in [1.807, 2.05) is 0 Å².